The van der Waals surface area contributed by atoms with Crippen LogP contribution in [0.3, 0.4) is 0 Å². The predicted octanol–water partition coefficient (Wildman–Crippen LogP) is 3.40. The second-order valence-electron chi connectivity index (χ2n) is 6.04. The minimum atomic E-state index is 0.0786. The van der Waals surface area contributed by atoms with Crippen LogP contribution >= 0.6 is 11.3 Å². The van der Waals surface area contributed by atoms with Gasteiger partial charge >= 0.3 is 0 Å². The molecule has 0 spiro atoms. The number of carbonyl (C=O) groups is 1. The fourth-order valence-electron chi connectivity index (χ4n) is 3.23. The first-order chi connectivity index (χ1) is 11.7. The Morgan fingerprint density at radius 2 is 2.17 bits per heavy atom. The topological polar surface area (TPSA) is 49.3 Å². The minimum Gasteiger partial charge on any atom is -0.357 e. The van der Waals surface area contributed by atoms with Gasteiger partial charge in [0.15, 0.2) is 0 Å². The van der Waals surface area contributed by atoms with E-state index in [1.165, 1.54) is 0 Å². The molecule has 2 aromatic heterocycles. The molecule has 0 aromatic carbocycles. The van der Waals surface area contributed by atoms with E-state index in [0.29, 0.717) is 11.5 Å². The first-order valence-electron chi connectivity index (χ1n) is 8.62. The summed E-state index contributed by atoms with van der Waals surface area (Å²) in [5.74, 6) is 1.37. The number of amides is 1. The molecule has 1 atom stereocenters. The van der Waals surface area contributed by atoms with Crippen LogP contribution < -0.4 is 4.90 Å². The van der Waals surface area contributed by atoms with Crippen LogP contribution in [0.4, 0.5) is 5.82 Å². The van der Waals surface area contributed by atoms with Crippen molar-refractivity contribution in [3.05, 3.63) is 40.5 Å². The van der Waals surface area contributed by atoms with Crippen molar-refractivity contribution in [2.24, 2.45) is 0 Å². The second-order valence-corrected chi connectivity index (χ2v) is 6.96. The van der Waals surface area contributed by atoms with Crippen LogP contribution in [-0.4, -0.2) is 47.0 Å². The number of hydrogen-bond donors (Lipinski definition) is 0. The molecule has 0 saturated carbocycles. The van der Waals surface area contributed by atoms with E-state index in [1.807, 2.05) is 28.6 Å². The second kappa shape index (κ2) is 7.75. The summed E-state index contributed by atoms with van der Waals surface area (Å²) < 4.78 is 0. The molecule has 1 fully saturated rings. The lowest BCUT2D eigenvalue weighted by Crippen LogP contribution is -2.39. The maximum atomic E-state index is 12.8. The van der Waals surface area contributed by atoms with Gasteiger partial charge in [-0.3, -0.25) is 4.79 Å². The predicted molar refractivity (Wildman–Crippen MR) is 97.8 cm³/mol. The standard InChI is InChI=1S/C18H24N4OS/c1-3-21(4-2)16-8-7-14(12-20-16)18(23)22-10-5-6-15(13-22)17-19-9-11-24-17/h7-9,11-12,15H,3-6,10,13H2,1-2H3/t15-/m0/s1. The Balaban J connectivity index is 1.69. The molecule has 1 saturated heterocycles. The van der Waals surface area contributed by atoms with Gasteiger partial charge < -0.3 is 9.80 Å². The van der Waals surface area contributed by atoms with E-state index in [0.717, 1.165) is 49.8 Å². The Hall–Kier alpha value is -1.95. The minimum absolute atomic E-state index is 0.0786. The maximum absolute atomic E-state index is 12.8. The highest BCUT2D eigenvalue weighted by Gasteiger charge is 2.27. The van der Waals surface area contributed by atoms with Crippen molar-refractivity contribution in [2.45, 2.75) is 32.6 Å². The maximum Gasteiger partial charge on any atom is 0.255 e. The summed E-state index contributed by atoms with van der Waals surface area (Å²) in [6.07, 6.45) is 5.69. The van der Waals surface area contributed by atoms with Gasteiger partial charge in [0.2, 0.25) is 0 Å². The van der Waals surface area contributed by atoms with Crippen molar-refractivity contribution in [3.8, 4) is 0 Å². The number of anilines is 1. The van der Waals surface area contributed by atoms with Gasteiger partial charge in [-0.1, -0.05) is 0 Å². The van der Waals surface area contributed by atoms with Crippen molar-refractivity contribution in [1.82, 2.24) is 14.9 Å². The third-order valence-corrected chi connectivity index (χ3v) is 5.53. The van der Waals surface area contributed by atoms with Crippen molar-refractivity contribution in [3.63, 3.8) is 0 Å². The van der Waals surface area contributed by atoms with Crippen LogP contribution in [-0.2, 0) is 0 Å². The van der Waals surface area contributed by atoms with Crippen molar-refractivity contribution >= 4 is 23.1 Å². The number of carbonyl (C=O) groups excluding carboxylic acids is 1. The highest BCUT2D eigenvalue weighted by Crippen LogP contribution is 2.29. The smallest absolute Gasteiger partial charge is 0.255 e. The average Bonchev–Trinajstić information content (AvgIpc) is 3.18. The molecule has 0 N–H and O–H groups in total. The Bertz CT molecular complexity index is 652. The average molecular weight is 344 g/mol. The molecule has 0 unspecified atom stereocenters. The third kappa shape index (κ3) is 3.59. The zero-order valence-corrected chi connectivity index (χ0v) is 15.1. The fraction of sp³-hybridized carbons (Fsp3) is 0.500. The van der Waals surface area contributed by atoms with Gasteiger partial charge in [0.25, 0.3) is 5.91 Å². The number of aromatic nitrogens is 2. The normalized spacial score (nSPS) is 17.8. The van der Waals surface area contributed by atoms with E-state index < -0.39 is 0 Å². The van der Waals surface area contributed by atoms with Gasteiger partial charge in [-0.2, -0.15) is 0 Å². The van der Waals surface area contributed by atoms with E-state index in [2.05, 4.69) is 28.7 Å². The number of rotatable bonds is 5. The van der Waals surface area contributed by atoms with Gasteiger partial charge in [0.05, 0.1) is 10.6 Å². The lowest BCUT2D eigenvalue weighted by molar-refractivity contribution is 0.0706. The Morgan fingerprint density at radius 3 is 2.79 bits per heavy atom. The van der Waals surface area contributed by atoms with Crippen molar-refractivity contribution in [2.75, 3.05) is 31.1 Å². The Labute approximate surface area is 147 Å². The van der Waals surface area contributed by atoms with E-state index in [-0.39, 0.29) is 5.91 Å². The molecule has 1 aliphatic rings. The van der Waals surface area contributed by atoms with Crippen LogP contribution in [0.15, 0.2) is 29.9 Å². The molecule has 0 aliphatic carbocycles. The summed E-state index contributed by atoms with van der Waals surface area (Å²) in [5.41, 5.74) is 0.672. The summed E-state index contributed by atoms with van der Waals surface area (Å²) in [5, 5.41) is 3.15. The van der Waals surface area contributed by atoms with E-state index >= 15 is 0 Å². The monoisotopic (exact) mass is 344 g/mol. The molecule has 0 radical (unpaired) electrons. The quantitative estimate of drug-likeness (QED) is 0.834. The Morgan fingerprint density at radius 1 is 1.33 bits per heavy atom. The molecule has 24 heavy (non-hydrogen) atoms. The zero-order valence-electron chi connectivity index (χ0n) is 14.3. The highest BCUT2D eigenvalue weighted by molar-refractivity contribution is 7.09. The molecule has 6 heteroatoms. The summed E-state index contributed by atoms with van der Waals surface area (Å²) in [4.78, 5) is 25.8. The Kier molecular flexibility index (Phi) is 5.45. The molecule has 5 nitrogen and oxygen atoms in total. The fourth-order valence-corrected chi connectivity index (χ4v) is 4.00. The van der Waals surface area contributed by atoms with Crippen LogP contribution in [0.1, 0.15) is 48.0 Å². The van der Waals surface area contributed by atoms with Crippen molar-refractivity contribution < 1.29 is 4.79 Å². The largest absolute Gasteiger partial charge is 0.357 e. The number of piperidine rings is 1. The van der Waals surface area contributed by atoms with Crippen LogP contribution in [0.25, 0.3) is 0 Å². The molecule has 1 aliphatic heterocycles. The SMILES string of the molecule is CCN(CC)c1ccc(C(=O)N2CCC[C@H](c3nccs3)C2)cn1. The van der Waals surface area contributed by atoms with Gasteiger partial charge in [-0.15, -0.1) is 11.3 Å². The summed E-state index contributed by atoms with van der Waals surface area (Å²) in [6.45, 7) is 7.62. The molecular formula is C18H24N4OS. The van der Waals surface area contributed by atoms with Crippen LogP contribution in [0.2, 0.25) is 0 Å². The lowest BCUT2D eigenvalue weighted by atomic mass is 9.98. The lowest BCUT2D eigenvalue weighted by Gasteiger charge is -2.32. The highest BCUT2D eigenvalue weighted by atomic mass is 32.1. The summed E-state index contributed by atoms with van der Waals surface area (Å²) in [6, 6.07) is 3.85. The number of hydrogen-bond acceptors (Lipinski definition) is 5. The number of nitrogens with zero attached hydrogens (tertiary/aromatic N) is 4. The molecule has 3 rings (SSSR count). The van der Waals surface area contributed by atoms with E-state index in [4.69, 9.17) is 0 Å². The first kappa shape index (κ1) is 16.9. The van der Waals surface area contributed by atoms with Crippen LogP contribution in [0, 0.1) is 0 Å². The van der Waals surface area contributed by atoms with Gasteiger partial charge in [0, 0.05) is 49.9 Å². The van der Waals surface area contributed by atoms with Gasteiger partial charge in [0.1, 0.15) is 5.82 Å². The molecular weight excluding hydrogens is 320 g/mol. The third-order valence-electron chi connectivity index (χ3n) is 4.59. The van der Waals surface area contributed by atoms with Crippen LogP contribution in [0.5, 0.6) is 0 Å². The summed E-state index contributed by atoms with van der Waals surface area (Å²) in [7, 11) is 0. The summed E-state index contributed by atoms with van der Waals surface area (Å²) >= 11 is 1.68. The molecule has 2 aromatic rings. The first-order valence-corrected chi connectivity index (χ1v) is 9.50. The molecule has 1 amide bonds. The molecule has 128 valence electrons. The van der Waals surface area contributed by atoms with E-state index in [9.17, 15) is 4.79 Å². The molecule has 0 bridgehead atoms. The van der Waals surface area contributed by atoms with Gasteiger partial charge in [-0.05, 0) is 38.8 Å². The van der Waals surface area contributed by atoms with E-state index in [1.54, 1.807) is 17.5 Å². The number of thiazole rings is 1. The van der Waals surface area contributed by atoms with Crippen molar-refractivity contribution in [1.29, 1.82) is 0 Å². The van der Waals surface area contributed by atoms with Gasteiger partial charge in [-0.25, -0.2) is 9.97 Å². The number of pyridine rings is 1. The number of likely N-dealkylation sites (tertiary alicyclic amines) is 1. The zero-order chi connectivity index (χ0) is 16.9. The molecule has 3 heterocycles.